The minimum absolute atomic E-state index is 0.194. The number of hydrogen-bond acceptors (Lipinski definition) is 4. The summed E-state index contributed by atoms with van der Waals surface area (Å²) in [6, 6.07) is 3.56. The maximum atomic E-state index is 10.8. The second-order valence-corrected chi connectivity index (χ2v) is 3.13. The number of carboxylic acid groups (broad SMARTS) is 1. The first-order valence-corrected chi connectivity index (χ1v) is 4.82. The van der Waals surface area contributed by atoms with Gasteiger partial charge in [0.2, 0.25) is 0 Å². The van der Waals surface area contributed by atoms with Crippen molar-refractivity contribution >= 4 is 5.97 Å². The molecule has 2 heterocycles. The molecular weight excluding hydrogens is 208 g/mol. The highest BCUT2D eigenvalue weighted by molar-refractivity contribution is 5.83. The van der Waals surface area contributed by atoms with E-state index in [9.17, 15) is 4.79 Å². The molecule has 0 saturated heterocycles. The van der Waals surface area contributed by atoms with Gasteiger partial charge in [-0.3, -0.25) is 4.98 Å². The van der Waals surface area contributed by atoms with Crippen molar-refractivity contribution in [3.63, 3.8) is 0 Å². The third-order valence-electron chi connectivity index (χ3n) is 2.07. The van der Waals surface area contributed by atoms with Gasteiger partial charge in [-0.25, -0.2) is 14.5 Å². The van der Waals surface area contributed by atoms with Crippen molar-refractivity contribution in [1.82, 2.24) is 19.7 Å². The van der Waals surface area contributed by atoms with Gasteiger partial charge in [0.05, 0.1) is 11.9 Å². The van der Waals surface area contributed by atoms with E-state index in [1.165, 1.54) is 4.68 Å². The van der Waals surface area contributed by atoms with E-state index in [-0.39, 0.29) is 5.82 Å². The Bertz CT molecular complexity index is 507. The molecule has 2 rings (SSSR count). The molecule has 0 spiro atoms. The molecule has 0 aromatic carbocycles. The highest BCUT2D eigenvalue weighted by atomic mass is 16.4. The lowest BCUT2D eigenvalue weighted by Gasteiger charge is -2.01. The van der Waals surface area contributed by atoms with E-state index in [4.69, 9.17) is 5.11 Å². The fourth-order valence-corrected chi connectivity index (χ4v) is 1.35. The van der Waals surface area contributed by atoms with Gasteiger partial charge in [0.1, 0.15) is 5.82 Å². The van der Waals surface area contributed by atoms with Crippen molar-refractivity contribution < 1.29 is 9.90 Å². The Labute approximate surface area is 91.6 Å². The van der Waals surface area contributed by atoms with E-state index in [2.05, 4.69) is 15.1 Å². The Kier molecular flexibility index (Phi) is 2.63. The zero-order chi connectivity index (χ0) is 11.5. The summed E-state index contributed by atoms with van der Waals surface area (Å²) in [6.45, 7) is 1.89. The van der Waals surface area contributed by atoms with Crippen molar-refractivity contribution in [3.8, 4) is 5.69 Å². The standard InChI is InChI=1S/C10H10N4O2/c1-2-8-12-9(10(15)16)13-14(8)7-4-3-5-11-6-7/h3-6H,2H2,1H3,(H,15,16). The van der Waals surface area contributed by atoms with Crippen molar-refractivity contribution in [2.45, 2.75) is 13.3 Å². The van der Waals surface area contributed by atoms with Gasteiger partial charge in [-0.2, -0.15) is 0 Å². The normalized spacial score (nSPS) is 10.3. The lowest BCUT2D eigenvalue weighted by molar-refractivity contribution is 0.0683. The minimum atomic E-state index is -1.13. The molecule has 6 heteroatoms. The third kappa shape index (κ3) is 1.77. The maximum absolute atomic E-state index is 10.8. The van der Waals surface area contributed by atoms with Crippen LogP contribution in [0.4, 0.5) is 0 Å². The van der Waals surface area contributed by atoms with Gasteiger partial charge in [-0.15, -0.1) is 5.10 Å². The quantitative estimate of drug-likeness (QED) is 0.828. The fraction of sp³-hybridized carbons (Fsp3) is 0.200. The van der Waals surface area contributed by atoms with Gasteiger partial charge < -0.3 is 5.11 Å². The highest BCUT2D eigenvalue weighted by Gasteiger charge is 2.14. The van der Waals surface area contributed by atoms with E-state index in [1.807, 2.05) is 6.92 Å². The van der Waals surface area contributed by atoms with Gasteiger partial charge in [0.15, 0.2) is 0 Å². The summed E-state index contributed by atoms with van der Waals surface area (Å²) in [5.74, 6) is -0.719. The number of aryl methyl sites for hydroxylation is 1. The van der Waals surface area contributed by atoms with Crippen LogP contribution in [0.25, 0.3) is 5.69 Å². The number of carbonyl (C=O) groups is 1. The predicted molar refractivity (Wildman–Crippen MR) is 55.5 cm³/mol. The van der Waals surface area contributed by atoms with E-state index < -0.39 is 5.97 Å². The molecule has 0 bridgehead atoms. The van der Waals surface area contributed by atoms with Crippen LogP contribution in [0.15, 0.2) is 24.5 Å². The van der Waals surface area contributed by atoms with Gasteiger partial charge in [-0.1, -0.05) is 6.92 Å². The average Bonchev–Trinajstić information content (AvgIpc) is 2.74. The molecule has 0 aliphatic carbocycles. The van der Waals surface area contributed by atoms with E-state index in [0.29, 0.717) is 17.9 Å². The molecule has 0 aliphatic rings. The monoisotopic (exact) mass is 218 g/mol. The van der Waals surface area contributed by atoms with Crippen LogP contribution in [0.3, 0.4) is 0 Å². The Morgan fingerprint density at radius 3 is 2.94 bits per heavy atom. The second kappa shape index (κ2) is 4.09. The molecule has 0 unspecified atom stereocenters. The van der Waals surface area contributed by atoms with E-state index in [0.717, 1.165) is 0 Å². The van der Waals surface area contributed by atoms with Crippen molar-refractivity contribution in [1.29, 1.82) is 0 Å². The highest BCUT2D eigenvalue weighted by Crippen LogP contribution is 2.08. The van der Waals surface area contributed by atoms with Crippen LogP contribution in [0, 0.1) is 0 Å². The summed E-state index contributed by atoms with van der Waals surface area (Å²) in [4.78, 5) is 18.6. The molecule has 0 fully saturated rings. The van der Waals surface area contributed by atoms with Crippen LogP contribution in [-0.2, 0) is 6.42 Å². The van der Waals surface area contributed by atoms with Crippen molar-refractivity contribution in [3.05, 3.63) is 36.2 Å². The first-order valence-electron chi connectivity index (χ1n) is 4.82. The second-order valence-electron chi connectivity index (χ2n) is 3.13. The van der Waals surface area contributed by atoms with Gasteiger partial charge in [0.25, 0.3) is 5.82 Å². The van der Waals surface area contributed by atoms with Gasteiger partial charge >= 0.3 is 5.97 Å². The molecule has 16 heavy (non-hydrogen) atoms. The Morgan fingerprint density at radius 2 is 2.38 bits per heavy atom. The summed E-state index contributed by atoms with van der Waals surface area (Å²) in [5.41, 5.74) is 0.708. The molecule has 1 N–H and O–H groups in total. The summed E-state index contributed by atoms with van der Waals surface area (Å²) in [7, 11) is 0. The number of rotatable bonds is 3. The predicted octanol–water partition coefficient (Wildman–Crippen LogP) is 0.923. The molecule has 2 aromatic heterocycles. The summed E-state index contributed by atoms with van der Waals surface area (Å²) >= 11 is 0. The van der Waals surface area contributed by atoms with Crippen molar-refractivity contribution in [2.75, 3.05) is 0 Å². The molecule has 2 aromatic rings. The van der Waals surface area contributed by atoms with Crippen LogP contribution in [0.1, 0.15) is 23.4 Å². The number of aromatic nitrogens is 4. The Hall–Kier alpha value is -2.24. The molecule has 6 nitrogen and oxygen atoms in total. The zero-order valence-corrected chi connectivity index (χ0v) is 8.66. The molecule has 0 saturated carbocycles. The average molecular weight is 218 g/mol. The minimum Gasteiger partial charge on any atom is -0.475 e. The topological polar surface area (TPSA) is 80.9 Å². The van der Waals surface area contributed by atoms with Gasteiger partial charge in [-0.05, 0) is 12.1 Å². The number of pyridine rings is 1. The molecule has 0 aliphatic heterocycles. The molecule has 82 valence electrons. The maximum Gasteiger partial charge on any atom is 0.375 e. The lowest BCUT2D eigenvalue weighted by Crippen LogP contribution is -2.03. The van der Waals surface area contributed by atoms with Crippen LogP contribution < -0.4 is 0 Å². The zero-order valence-electron chi connectivity index (χ0n) is 8.66. The fourth-order valence-electron chi connectivity index (χ4n) is 1.35. The number of carboxylic acids is 1. The summed E-state index contributed by atoms with van der Waals surface area (Å²) in [6.07, 6.45) is 3.86. The first-order chi connectivity index (χ1) is 7.72. The largest absolute Gasteiger partial charge is 0.475 e. The number of hydrogen-bond donors (Lipinski definition) is 1. The SMILES string of the molecule is CCc1nc(C(=O)O)nn1-c1cccnc1. The summed E-state index contributed by atoms with van der Waals surface area (Å²) < 4.78 is 1.50. The third-order valence-corrected chi connectivity index (χ3v) is 2.07. The Morgan fingerprint density at radius 1 is 1.56 bits per heavy atom. The molecular formula is C10H10N4O2. The first kappa shape index (κ1) is 10.3. The van der Waals surface area contributed by atoms with Crippen LogP contribution in [-0.4, -0.2) is 30.8 Å². The molecule has 0 amide bonds. The molecule has 0 radical (unpaired) electrons. The van der Waals surface area contributed by atoms with Crippen LogP contribution >= 0.6 is 0 Å². The number of aromatic carboxylic acids is 1. The van der Waals surface area contributed by atoms with Crippen LogP contribution in [0.2, 0.25) is 0 Å². The Balaban J connectivity index is 2.52. The van der Waals surface area contributed by atoms with Gasteiger partial charge in [0, 0.05) is 12.6 Å². The smallest absolute Gasteiger partial charge is 0.375 e. The van der Waals surface area contributed by atoms with Crippen LogP contribution in [0.5, 0.6) is 0 Å². The number of nitrogens with zero attached hydrogens (tertiary/aromatic N) is 4. The van der Waals surface area contributed by atoms with E-state index >= 15 is 0 Å². The summed E-state index contributed by atoms with van der Waals surface area (Å²) in [5, 5.41) is 12.7. The van der Waals surface area contributed by atoms with Crippen molar-refractivity contribution in [2.24, 2.45) is 0 Å². The molecule has 0 atom stereocenters. The lowest BCUT2D eigenvalue weighted by atomic mass is 10.4. The van der Waals surface area contributed by atoms with E-state index in [1.54, 1.807) is 24.5 Å².